The van der Waals surface area contributed by atoms with Gasteiger partial charge in [0.25, 0.3) is 0 Å². The molecule has 5 heavy (non-hydrogen) atoms. The Bertz CT molecular complexity index is 13.6. The second-order valence-electron chi connectivity index (χ2n) is 0.0583. The number of hydrogen-bond donors (Lipinski definition) is 0. The van der Waals surface area contributed by atoms with Gasteiger partial charge in [-0.1, -0.05) is 0 Å². The van der Waals surface area contributed by atoms with Crippen LogP contribution >= 0.6 is 29.3 Å². The summed E-state index contributed by atoms with van der Waals surface area (Å²) in [5, 5.41) is 0. The SMILES string of the molecule is Cl[Se]Cl.O=P. The van der Waals surface area contributed by atoms with Gasteiger partial charge in [-0.2, -0.15) is 0 Å². The van der Waals surface area contributed by atoms with E-state index in [2.05, 4.69) is 0 Å². The first-order chi connectivity index (χ1) is 2.41. The van der Waals surface area contributed by atoms with E-state index in [1.54, 1.807) is 9.12 Å². The molecule has 1 nitrogen and oxygen atoms in total. The van der Waals surface area contributed by atoms with Crippen molar-refractivity contribution >= 4 is 42.4 Å². The minimum atomic E-state index is -0.181. The van der Waals surface area contributed by atoms with Gasteiger partial charge in [0.2, 0.25) is 0 Å². The van der Waals surface area contributed by atoms with Crippen LogP contribution in [0, 0.1) is 0 Å². The maximum absolute atomic E-state index is 8.06. The van der Waals surface area contributed by atoms with Crippen LogP contribution in [0.5, 0.6) is 0 Å². The third kappa shape index (κ3) is 37.0. The van der Waals surface area contributed by atoms with Crippen LogP contribution in [-0.4, -0.2) is 13.1 Å². The molecule has 5 heteroatoms. The molecule has 0 unspecified atom stereocenters. The van der Waals surface area contributed by atoms with Gasteiger partial charge in [0.05, 0.1) is 0 Å². The maximum atomic E-state index is 8.06. The van der Waals surface area contributed by atoms with Crippen LogP contribution in [0.4, 0.5) is 0 Å². The van der Waals surface area contributed by atoms with Gasteiger partial charge < -0.3 is 0 Å². The zero-order valence-corrected chi connectivity index (χ0v) is 6.30. The zero-order valence-electron chi connectivity index (χ0n) is 2.07. The predicted molar refractivity (Wildman–Crippen MR) is 26.5 cm³/mol. The molecular formula is HCl2OPSe. The Balaban J connectivity index is 0. The first-order valence-electron chi connectivity index (χ1n) is 0.513. The molecule has 32 valence electrons. The zero-order chi connectivity index (χ0) is 4.71. The molecule has 0 saturated heterocycles. The third-order valence-corrected chi connectivity index (χ3v) is 0. The van der Waals surface area contributed by atoms with E-state index in [0.29, 0.717) is 0 Å². The average Bonchev–Trinajstić information content (AvgIpc) is 1.46. The van der Waals surface area contributed by atoms with Crippen molar-refractivity contribution < 1.29 is 4.57 Å². The van der Waals surface area contributed by atoms with Crippen LogP contribution < -0.4 is 0 Å². The van der Waals surface area contributed by atoms with E-state index < -0.39 is 0 Å². The Morgan fingerprint density at radius 3 is 1.40 bits per heavy atom. The Hall–Kier alpha value is 1.20. The van der Waals surface area contributed by atoms with Crippen LogP contribution in [0.3, 0.4) is 0 Å². The standard InChI is InChI=1S/Cl2Se.HOP/c1-3-2;1-2/h;2H. The van der Waals surface area contributed by atoms with E-state index in [4.69, 9.17) is 24.8 Å². The normalized spacial score (nSPS) is 4.40. The van der Waals surface area contributed by atoms with Crippen LogP contribution in [0.1, 0.15) is 0 Å². The molecule has 0 aliphatic carbocycles. The second-order valence-corrected chi connectivity index (χ2v) is 2.73. The average molecular weight is 198 g/mol. The molecule has 0 rings (SSSR count). The Labute approximate surface area is 47.3 Å². The van der Waals surface area contributed by atoms with Crippen molar-refractivity contribution in [3.63, 3.8) is 0 Å². The number of halogens is 2. The predicted octanol–water partition coefficient (Wildman–Crippen LogP) is 1.47. The van der Waals surface area contributed by atoms with Crippen molar-refractivity contribution in [2.45, 2.75) is 0 Å². The quantitative estimate of drug-likeness (QED) is 0.425. The van der Waals surface area contributed by atoms with Crippen LogP contribution in [0.15, 0.2) is 0 Å². The fourth-order valence-electron chi connectivity index (χ4n) is 0. The van der Waals surface area contributed by atoms with Gasteiger partial charge in [0.15, 0.2) is 0 Å². The molecule has 0 N–H and O–H groups in total. The van der Waals surface area contributed by atoms with Crippen molar-refractivity contribution in [3.05, 3.63) is 0 Å². The molecule has 0 amide bonds. The van der Waals surface area contributed by atoms with Gasteiger partial charge in [-0.25, -0.2) is 0 Å². The Morgan fingerprint density at radius 1 is 1.40 bits per heavy atom. The molecule has 0 aromatic rings. The Morgan fingerprint density at radius 2 is 1.40 bits per heavy atom. The summed E-state index contributed by atoms with van der Waals surface area (Å²) in [4.78, 5) is 0. The summed E-state index contributed by atoms with van der Waals surface area (Å²) in [6.45, 7) is 0. The maximum Gasteiger partial charge on any atom is 0.138 e. The molecule has 0 radical (unpaired) electrons. The van der Waals surface area contributed by atoms with E-state index >= 15 is 0 Å². The van der Waals surface area contributed by atoms with Crippen LogP contribution in [0.2, 0.25) is 0 Å². The summed E-state index contributed by atoms with van der Waals surface area (Å²) >= 11 is -0.181. The molecule has 0 spiro atoms. The van der Waals surface area contributed by atoms with Gasteiger partial charge in [0.1, 0.15) is 9.12 Å². The summed E-state index contributed by atoms with van der Waals surface area (Å²) in [7, 11) is 11.4. The molecule has 0 aliphatic heterocycles. The second kappa shape index (κ2) is 19.0. The molecule has 0 aromatic carbocycles. The van der Waals surface area contributed by atoms with E-state index in [-0.39, 0.29) is 13.1 Å². The molecule has 0 aromatic heterocycles. The summed E-state index contributed by atoms with van der Waals surface area (Å²) in [6.07, 6.45) is 0. The molecule has 0 aliphatic rings. The third-order valence-electron chi connectivity index (χ3n) is 0. The van der Waals surface area contributed by atoms with Gasteiger partial charge >= 0.3 is 33.3 Å². The van der Waals surface area contributed by atoms with Crippen LogP contribution in [-0.2, 0) is 4.57 Å². The minimum absolute atomic E-state index is 0.181. The summed E-state index contributed by atoms with van der Waals surface area (Å²) < 4.78 is 8.06. The molecule has 0 atom stereocenters. The molecule has 0 bridgehead atoms. The number of rotatable bonds is 0. The fraction of sp³-hybridized carbons (Fsp3) is 0. The molecule has 0 heterocycles. The van der Waals surface area contributed by atoms with Crippen molar-refractivity contribution in [1.82, 2.24) is 0 Å². The minimum Gasteiger partial charge on any atom is -0.279 e. The van der Waals surface area contributed by atoms with E-state index in [1.807, 2.05) is 0 Å². The van der Waals surface area contributed by atoms with Crippen LogP contribution in [0.25, 0.3) is 0 Å². The van der Waals surface area contributed by atoms with Gasteiger partial charge in [0, 0.05) is 0 Å². The first-order valence-corrected chi connectivity index (χ1v) is 5.42. The fourth-order valence-corrected chi connectivity index (χ4v) is 0. The first kappa shape index (κ1) is 9.50. The van der Waals surface area contributed by atoms with E-state index in [1.165, 1.54) is 0 Å². The Kier molecular flexibility index (Phi) is 36.0. The largest absolute Gasteiger partial charge is 0.279 e. The molecular weight excluding hydrogens is 197 g/mol. The number of hydrogen-bond acceptors (Lipinski definition) is 1. The summed E-state index contributed by atoms with van der Waals surface area (Å²) in [5.41, 5.74) is 0. The smallest absolute Gasteiger partial charge is 0.138 e. The van der Waals surface area contributed by atoms with E-state index in [9.17, 15) is 0 Å². The summed E-state index contributed by atoms with van der Waals surface area (Å²) in [5.74, 6) is 0. The van der Waals surface area contributed by atoms with Gasteiger partial charge in [-0.05, 0) is 0 Å². The van der Waals surface area contributed by atoms with Crippen molar-refractivity contribution in [2.24, 2.45) is 0 Å². The van der Waals surface area contributed by atoms with Gasteiger partial charge in [-0.15, -0.1) is 0 Å². The van der Waals surface area contributed by atoms with E-state index in [0.717, 1.165) is 0 Å². The summed E-state index contributed by atoms with van der Waals surface area (Å²) in [6, 6.07) is 0. The molecule has 0 fully saturated rings. The van der Waals surface area contributed by atoms with Crippen molar-refractivity contribution in [2.75, 3.05) is 0 Å². The molecule has 0 saturated carbocycles. The topological polar surface area (TPSA) is 17.1 Å². The van der Waals surface area contributed by atoms with Crippen molar-refractivity contribution in [1.29, 1.82) is 0 Å². The van der Waals surface area contributed by atoms with Gasteiger partial charge in [-0.3, -0.25) is 4.57 Å². The monoisotopic (exact) mass is 198 g/mol. The van der Waals surface area contributed by atoms with Crippen molar-refractivity contribution in [3.8, 4) is 0 Å².